The highest BCUT2D eigenvalue weighted by Crippen LogP contribution is 2.37. The zero-order valence-electron chi connectivity index (χ0n) is 8.79. The molecule has 2 rings (SSSR count). The van der Waals surface area contributed by atoms with Crippen molar-refractivity contribution in [2.24, 2.45) is 11.8 Å². The third kappa shape index (κ3) is 2.27. The minimum atomic E-state index is -0.162. The van der Waals surface area contributed by atoms with Gasteiger partial charge in [0.05, 0.1) is 6.61 Å². The molecule has 2 fully saturated rings. The number of hydrogen-bond acceptors (Lipinski definition) is 3. The first-order valence-electron chi connectivity index (χ1n) is 5.62. The molecule has 0 aromatic carbocycles. The first-order valence-corrected chi connectivity index (χ1v) is 5.62. The van der Waals surface area contributed by atoms with E-state index in [4.69, 9.17) is 4.74 Å². The van der Waals surface area contributed by atoms with Gasteiger partial charge in [-0.05, 0) is 44.1 Å². The van der Waals surface area contributed by atoms with Gasteiger partial charge in [0.15, 0.2) is 0 Å². The van der Waals surface area contributed by atoms with Crippen LogP contribution in [-0.2, 0) is 9.53 Å². The molecule has 0 unspecified atom stereocenters. The molecule has 1 saturated carbocycles. The largest absolute Gasteiger partial charge is 0.466 e. The van der Waals surface area contributed by atoms with Crippen LogP contribution in [0.3, 0.4) is 0 Å². The van der Waals surface area contributed by atoms with E-state index in [2.05, 4.69) is 5.32 Å². The van der Waals surface area contributed by atoms with Crippen molar-refractivity contribution in [2.45, 2.75) is 38.6 Å². The number of ether oxygens (including phenoxy) is 1. The molecule has 2 aliphatic rings. The molecule has 1 heterocycles. The van der Waals surface area contributed by atoms with Crippen LogP contribution in [0.15, 0.2) is 0 Å². The maximum atomic E-state index is 10.6. The number of esters is 1. The van der Waals surface area contributed by atoms with Crippen LogP contribution < -0.4 is 5.32 Å². The van der Waals surface area contributed by atoms with Crippen LogP contribution in [0.4, 0.5) is 0 Å². The molecule has 0 spiro atoms. The SMILES string of the molecule is CC(=O)OCC[C@H]1NC[C@H]2CC[C@@H]1C2. The Labute approximate surface area is 85.2 Å². The molecule has 3 heteroatoms. The molecule has 1 saturated heterocycles. The summed E-state index contributed by atoms with van der Waals surface area (Å²) in [6.45, 7) is 3.22. The van der Waals surface area contributed by atoms with Crippen LogP contribution in [0.5, 0.6) is 0 Å². The van der Waals surface area contributed by atoms with Crippen LogP contribution in [0, 0.1) is 11.8 Å². The summed E-state index contributed by atoms with van der Waals surface area (Å²) in [5.41, 5.74) is 0. The van der Waals surface area contributed by atoms with Gasteiger partial charge in [-0.15, -0.1) is 0 Å². The minimum absolute atomic E-state index is 0.162. The van der Waals surface area contributed by atoms with Crippen molar-refractivity contribution in [2.75, 3.05) is 13.2 Å². The van der Waals surface area contributed by atoms with Crippen LogP contribution in [-0.4, -0.2) is 25.2 Å². The Bertz CT molecular complexity index is 217. The van der Waals surface area contributed by atoms with E-state index in [-0.39, 0.29) is 5.97 Å². The van der Waals surface area contributed by atoms with E-state index in [1.165, 1.54) is 32.7 Å². The van der Waals surface area contributed by atoms with Crippen molar-refractivity contribution in [3.63, 3.8) is 0 Å². The van der Waals surface area contributed by atoms with E-state index >= 15 is 0 Å². The molecule has 1 N–H and O–H groups in total. The first-order chi connectivity index (χ1) is 6.75. The van der Waals surface area contributed by atoms with Crippen molar-refractivity contribution in [3.8, 4) is 0 Å². The lowest BCUT2D eigenvalue weighted by Crippen LogP contribution is -2.42. The maximum Gasteiger partial charge on any atom is 0.302 e. The number of piperidine rings is 1. The monoisotopic (exact) mass is 197 g/mol. The number of rotatable bonds is 3. The highest BCUT2D eigenvalue weighted by molar-refractivity contribution is 5.65. The topological polar surface area (TPSA) is 38.3 Å². The van der Waals surface area contributed by atoms with Crippen molar-refractivity contribution < 1.29 is 9.53 Å². The van der Waals surface area contributed by atoms with Crippen molar-refractivity contribution in [1.29, 1.82) is 0 Å². The molecular weight excluding hydrogens is 178 g/mol. The van der Waals surface area contributed by atoms with Crippen molar-refractivity contribution in [3.05, 3.63) is 0 Å². The molecule has 0 radical (unpaired) electrons. The number of nitrogens with one attached hydrogen (secondary N) is 1. The molecular formula is C11H19NO2. The molecule has 0 amide bonds. The van der Waals surface area contributed by atoms with Gasteiger partial charge in [0, 0.05) is 13.0 Å². The molecule has 0 aromatic rings. The molecule has 1 aliphatic heterocycles. The van der Waals surface area contributed by atoms with Crippen LogP contribution in [0.25, 0.3) is 0 Å². The predicted molar refractivity (Wildman–Crippen MR) is 53.9 cm³/mol. The lowest BCUT2D eigenvalue weighted by atomic mass is 9.91. The quantitative estimate of drug-likeness (QED) is 0.694. The van der Waals surface area contributed by atoms with Crippen molar-refractivity contribution in [1.82, 2.24) is 5.32 Å². The Morgan fingerprint density at radius 2 is 2.36 bits per heavy atom. The third-order valence-electron chi connectivity index (χ3n) is 3.55. The summed E-state index contributed by atoms with van der Waals surface area (Å²) in [7, 11) is 0. The smallest absolute Gasteiger partial charge is 0.302 e. The Balaban J connectivity index is 1.72. The van der Waals surface area contributed by atoms with Gasteiger partial charge in [-0.3, -0.25) is 4.79 Å². The Kier molecular flexibility index (Phi) is 3.06. The zero-order chi connectivity index (χ0) is 9.97. The lowest BCUT2D eigenvalue weighted by molar-refractivity contribution is -0.141. The molecule has 1 aliphatic carbocycles. The summed E-state index contributed by atoms with van der Waals surface area (Å²) in [6.07, 6.45) is 5.12. The molecule has 14 heavy (non-hydrogen) atoms. The van der Waals surface area contributed by atoms with E-state index in [1.54, 1.807) is 0 Å². The third-order valence-corrected chi connectivity index (χ3v) is 3.55. The fraction of sp³-hybridized carbons (Fsp3) is 0.909. The fourth-order valence-corrected chi connectivity index (χ4v) is 2.82. The van der Waals surface area contributed by atoms with E-state index in [0.29, 0.717) is 12.6 Å². The molecule has 80 valence electrons. The Morgan fingerprint density at radius 1 is 1.50 bits per heavy atom. The van der Waals surface area contributed by atoms with Crippen LogP contribution >= 0.6 is 0 Å². The second kappa shape index (κ2) is 4.30. The van der Waals surface area contributed by atoms with Crippen LogP contribution in [0.2, 0.25) is 0 Å². The maximum absolute atomic E-state index is 10.6. The van der Waals surface area contributed by atoms with Crippen LogP contribution in [0.1, 0.15) is 32.6 Å². The second-order valence-corrected chi connectivity index (χ2v) is 4.58. The summed E-state index contributed by atoms with van der Waals surface area (Å²) in [6, 6.07) is 0.591. The predicted octanol–water partition coefficient (Wildman–Crippen LogP) is 1.33. The minimum Gasteiger partial charge on any atom is -0.466 e. The molecule has 2 bridgehead atoms. The van der Waals surface area contributed by atoms with E-state index in [0.717, 1.165) is 18.3 Å². The van der Waals surface area contributed by atoms with Gasteiger partial charge in [-0.2, -0.15) is 0 Å². The van der Waals surface area contributed by atoms with Gasteiger partial charge in [-0.1, -0.05) is 0 Å². The van der Waals surface area contributed by atoms with E-state index in [1.807, 2.05) is 0 Å². The number of hydrogen-bond donors (Lipinski definition) is 1. The summed E-state index contributed by atoms with van der Waals surface area (Å²) >= 11 is 0. The normalized spacial score (nSPS) is 35.6. The van der Waals surface area contributed by atoms with Crippen molar-refractivity contribution >= 4 is 5.97 Å². The lowest BCUT2D eigenvalue weighted by Gasteiger charge is -2.30. The first kappa shape index (κ1) is 9.97. The number of carbonyl (C=O) groups excluding carboxylic acids is 1. The number of carbonyl (C=O) groups is 1. The van der Waals surface area contributed by atoms with Gasteiger partial charge in [0.1, 0.15) is 0 Å². The number of fused-ring (bicyclic) bond motifs is 2. The standard InChI is InChI=1S/C11H19NO2/c1-8(13)14-5-4-11-10-3-2-9(6-10)7-12-11/h9-12H,2-7H2,1H3/t9-,10+,11+/m0/s1. The van der Waals surface area contributed by atoms with Gasteiger partial charge in [-0.25, -0.2) is 0 Å². The van der Waals surface area contributed by atoms with Gasteiger partial charge in [0.25, 0.3) is 0 Å². The average Bonchev–Trinajstić information content (AvgIpc) is 2.52. The van der Waals surface area contributed by atoms with Gasteiger partial charge >= 0.3 is 5.97 Å². The summed E-state index contributed by atoms with van der Waals surface area (Å²) in [5.74, 6) is 1.60. The van der Waals surface area contributed by atoms with Gasteiger partial charge < -0.3 is 10.1 Å². The Hall–Kier alpha value is -0.570. The summed E-state index contributed by atoms with van der Waals surface area (Å²) in [4.78, 5) is 10.6. The molecule has 3 nitrogen and oxygen atoms in total. The summed E-state index contributed by atoms with van der Waals surface area (Å²) in [5, 5.41) is 3.56. The molecule has 0 aromatic heterocycles. The van der Waals surface area contributed by atoms with E-state index < -0.39 is 0 Å². The second-order valence-electron chi connectivity index (χ2n) is 4.58. The van der Waals surface area contributed by atoms with E-state index in [9.17, 15) is 4.79 Å². The highest BCUT2D eigenvalue weighted by Gasteiger charge is 2.34. The highest BCUT2D eigenvalue weighted by atomic mass is 16.5. The Morgan fingerprint density at radius 3 is 3.14 bits per heavy atom. The average molecular weight is 197 g/mol. The summed E-state index contributed by atoms with van der Waals surface area (Å²) < 4.78 is 4.97. The fourth-order valence-electron chi connectivity index (χ4n) is 2.82. The molecule has 3 atom stereocenters. The van der Waals surface area contributed by atoms with Gasteiger partial charge in [0.2, 0.25) is 0 Å². The zero-order valence-corrected chi connectivity index (χ0v) is 8.79.